The minimum atomic E-state index is 0.136. The van der Waals surface area contributed by atoms with Crippen LogP contribution < -0.4 is 5.32 Å². The molecule has 1 N–H and O–H groups in total. The summed E-state index contributed by atoms with van der Waals surface area (Å²) < 4.78 is 2.00. The quantitative estimate of drug-likeness (QED) is 0.506. The molecule has 0 amide bonds. The molecule has 0 spiro atoms. The number of nitrogens with zero attached hydrogens (tertiary/aromatic N) is 6. The highest BCUT2D eigenvalue weighted by Gasteiger charge is 2.15. The van der Waals surface area contributed by atoms with Gasteiger partial charge in [0.25, 0.3) is 0 Å². The van der Waals surface area contributed by atoms with Crippen molar-refractivity contribution >= 4 is 16.9 Å². The van der Waals surface area contributed by atoms with Crippen LogP contribution in [0.15, 0.2) is 67.3 Å². The summed E-state index contributed by atoms with van der Waals surface area (Å²) in [4.78, 5) is 18.7. The molecule has 164 valence electrons. The van der Waals surface area contributed by atoms with Crippen molar-refractivity contribution in [3.63, 3.8) is 0 Å². The van der Waals surface area contributed by atoms with Gasteiger partial charge in [0, 0.05) is 38.8 Å². The molecule has 7 nitrogen and oxygen atoms in total. The third-order valence-electron chi connectivity index (χ3n) is 6.15. The number of benzene rings is 2. The van der Waals surface area contributed by atoms with E-state index in [0.717, 1.165) is 55.4 Å². The van der Waals surface area contributed by atoms with Crippen molar-refractivity contribution in [3.8, 4) is 5.82 Å². The summed E-state index contributed by atoms with van der Waals surface area (Å²) in [7, 11) is 2.19. The van der Waals surface area contributed by atoms with Gasteiger partial charge in [-0.1, -0.05) is 36.4 Å². The number of imidazole rings is 1. The van der Waals surface area contributed by atoms with Crippen molar-refractivity contribution in [2.75, 3.05) is 38.5 Å². The Bertz CT molecular complexity index is 1180. The molecule has 32 heavy (non-hydrogen) atoms. The Labute approximate surface area is 188 Å². The molecule has 5 rings (SSSR count). The first-order valence-corrected chi connectivity index (χ1v) is 11.2. The van der Waals surface area contributed by atoms with E-state index in [1.807, 2.05) is 29.1 Å². The van der Waals surface area contributed by atoms with E-state index >= 15 is 0 Å². The van der Waals surface area contributed by atoms with Gasteiger partial charge in [-0.2, -0.15) is 0 Å². The summed E-state index contributed by atoms with van der Waals surface area (Å²) in [6.45, 7) is 7.57. The molecular formula is C25H29N7. The zero-order valence-corrected chi connectivity index (χ0v) is 18.6. The topological polar surface area (TPSA) is 62.1 Å². The van der Waals surface area contributed by atoms with Gasteiger partial charge in [-0.15, -0.1) is 0 Å². The molecule has 2 aromatic heterocycles. The van der Waals surface area contributed by atoms with E-state index in [0.29, 0.717) is 0 Å². The predicted octanol–water partition coefficient (Wildman–Crippen LogP) is 3.74. The highest BCUT2D eigenvalue weighted by Crippen LogP contribution is 2.22. The van der Waals surface area contributed by atoms with Gasteiger partial charge in [0.05, 0.1) is 23.4 Å². The molecule has 1 atom stereocenters. The number of piperazine rings is 1. The van der Waals surface area contributed by atoms with E-state index in [-0.39, 0.29) is 6.04 Å². The van der Waals surface area contributed by atoms with E-state index < -0.39 is 0 Å². The molecule has 3 heterocycles. The van der Waals surface area contributed by atoms with Gasteiger partial charge < -0.3 is 10.2 Å². The fourth-order valence-electron chi connectivity index (χ4n) is 4.19. The molecule has 0 bridgehead atoms. The van der Waals surface area contributed by atoms with Gasteiger partial charge in [-0.05, 0) is 37.2 Å². The van der Waals surface area contributed by atoms with Gasteiger partial charge in [0.1, 0.15) is 12.1 Å². The second-order valence-corrected chi connectivity index (χ2v) is 8.56. The monoisotopic (exact) mass is 427 g/mol. The maximum atomic E-state index is 4.79. The van der Waals surface area contributed by atoms with Crippen LogP contribution in [0.3, 0.4) is 0 Å². The minimum Gasteiger partial charge on any atom is -0.362 e. The van der Waals surface area contributed by atoms with Crippen LogP contribution in [0.25, 0.3) is 16.9 Å². The van der Waals surface area contributed by atoms with E-state index in [9.17, 15) is 0 Å². The fraction of sp³-hybridized carbons (Fsp3) is 0.320. The van der Waals surface area contributed by atoms with Crippen LogP contribution in [0, 0.1) is 0 Å². The van der Waals surface area contributed by atoms with Gasteiger partial charge in [-0.3, -0.25) is 14.5 Å². The second-order valence-electron chi connectivity index (χ2n) is 8.56. The standard InChI is InChI=1S/C25H29N7/c1-19(21-6-4-3-5-7-21)28-24-15-26-16-25(29-24)32-18-27-22-14-20(8-9-23(22)32)17-31-12-10-30(2)11-13-31/h3-9,14-16,18-19H,10-13,17H2,1-2H3,(H,28,29)/t19-/m0/s1. The van der Waals surface area contributed by atoms with Crippen LogP contribution in [0.2, 0.25) is 0 Å². The Kier molecular flexibility index (Phi) is 5.83. The lowest BCUT2D eigenvalue weighted by atomic mass is 10.1. The van der Waals surface area contributed by atoms with Gasteiger partial charge in [-0.25, -0.2) is 9.97 Å². The summed E-state index contributed by atoms with van der Waals surface area (Å²) in [6.07, 6.45) is 5.37. The average Bonchev–Trinajstić information content (AvgIpc) is 3.25. The van der Waals surface area contributed by atoms with E-state index in [1.165, 1.54) is 11.1 Å². The molecule has 7 heteroatoms. The van der Waals surface area contributed by atoms with Crippen LogP contribution in [-0.4, -0.2) is 62.5 Å². The van der Waals surface area contributed by atoms with Crippen molar-refractivity contribution in [2.24, 2.45) is 0 Å². The van der Waals surface area contributed by atoms with Crippen LogP contribution >= 0.6 is 0 Å². The molecule has 1 saturated heterocycles. The van der Waals surface area contributed by atoms with Crippen molar-refractivity contribution in [1.29, 1.82) is 0 Å². The zero-order chi connectivity index (χ0) is 21.9. The summed E-state index contributed by atoms with van der Waals surface area (Å²) >= 11 is 0. The number of likely N-dealkylation sites (N-methyl/N-ethyl adjacent to an activating group) is 1. The zero-order valence-electron chi connectivity index (χ0n) is 18.6. The third-order valence-corrected chi connectivity index (χ3v) is 6.15. The Morgan fingerprint density at radius 3 is 2.62 bits per heavy atom. The first kappa shape index (κ1) is 20.6. The Hall–Kier alpha value is -3.29. The van der Waals surface area contributed by atoms with E-state index in [4.69, 9.17) is 4.98 Å². The van der Waals surface area contributed by atoms with Gasteiger partial charge in [0.15, 0.2) is 5.82 Å². The maximum absolute atomic E-state index is 4.79. The number of rotatable bonds is 6. The van der Waals surface area contributed by atoms with Crippen LogP contribution in [0.4, 0.5) is 5.82 Å². The summed E-state index contributed by atoms with van der Waals surface area (Å²) in [5, 5.41) is 3.45. The first-order valence-electron chi connectivity index (χ1n) is 11.2. The summed E-state index contributed by atoms with van der Waals surface area (Å²) in [5.74, 6) is 1.50. The van der Waals surface area contributed by atoms with Crippen molar-refractivity contribution in [2.45, 2.75) is 19.5 Å². The number of hydrogen-bond acceptors (Lipinski definition) is 6. The smallest absolute Gasteiger partial charge is 0.159 e. The highest BCUT2D eigenvalue weighted by molar-refractivity contribution is 5.77. The Morgan fingerprint density at radius 1 is 1.00 bits per heavy atom. The lowest BCUT2D eigenvalue weighted by molar-refractivity contribution is 0.148. The molecule has 0 saturated carbocycles. The lowest BCUT2D eigenvalue weighted by Gasteiger charge is -2.32. The molecule has 2 aromatic carbocycles. The highest BCUT2D eigenvalue weighted by atomic mass is 15.2. The molecule has 1 aliphatic heterocycles. The van der Waals surface area contributed by atoms with Crippen LogP contribution in [0.5, 0.6) is 0 Å². The molecule has 0 unspecified atom stereocenters. The fourth-order valence-corrected chi connectivity index (χ4v) is 4.19. The predicted molar refractivity (Wildman–Crippen MR) is 128 cm³/mol. The van der Waals surface area contributed by atoms with E-state index in [1.54, 1.807) is 12.4 Å². The Morgan fingerprint density at radius 2 is 1.81 bits per heavy atom. The SMILES string of the molecule is C[C@H](Nc1cncc(-n2cnc3cc(CN4CCN(C)CC4)ccc32)n1)c1ccccc1. The Balaban J connectivity index is 1.34. The van der Waals surface area contributed by atoms with Crippen LogP contribution in [-0.2, 0) is 6.54 Å². The second kappa shape index (κ2) is 9.06. The normalized spacial score (nSPS) is 16.3. The summed E-state index contributed by atoms with van der Waals surface area (Å²) in [6, 6.07) is 17.0. The minimum absolute atomic E-state index is 0.136. The number of nitrogens with one attached hydrogen (secondary N) is 1. The number of anilines is 1. The van der Waals surface area contributed by atoms with Gasteiger partial charge >= 0.3 is 0 Å². The number of hydrogen-bond donors (Lipinski definition) is 1. The molecule has 1 fully saturated rings. The third kappa shape index (κ3) is 4.49. The largest absolute Gasteiger partial charge is 0.362 e. The summed E-state index contributed by atoms with van der Waals surface area (Å²) in [5.41, 5.74) is 4.52. The molecular weight excluding hydrogens is 398 g/mol. The average molecular weight is 428 g/mol. The van der Waals surface area contributed by atoms with Gasteiger partial charge in [0.2, 0.25) is 0 Å². The maximum Gasteiger partial charge on any atom is 0.159 e. The number of fused-ring (bicyclic) bond motifs is 1. The van der Waals surface area contributed by atoms with Crippen molar-refractivity contribution < 1.29 is 0 Å². The first-order chi connectivity index (χ1) is 15.7. The number of aromatic nitrogens is 4. The van der Waals surface area contributed by atoms with Crippen molar-refractivity contribution in [1.82, 2.24) is 29.3 Å². The van der Waals surface area contributed by atoms with Crippen molar-refractivity contribution in [3.05, 3.63) is 78.4 Å². The van der Waals surface area contributed by atoms with E-state index in [2.05, 4.69) is 69.4 Å². The molecule has 1 aliphatic rings. The molecule has 4 aromatic rings. The lowest BCUT2D eigenvalue weighted by Crippen LogP contribution is -2.43. The molecule has 0 aliphatic carbocycles. The van der Waals surface area contributed by atoms with Crippen LogP contribution in [0.1, 0.15) is 24.1 Å². The molecule has 0 radical (unpaired) electrons.